The Hall–Kier alpha value is -2.41. The lowest BCUT2D eigenvalue weighted by atomic mass is 9.96. The zero-order valence-electron chi connectivity index (χ0n) is 13.2. The van der Waals surface area contributed by atoms with Gasteiger partial charge in [0.2, 0.25) is 0 Å². The lowest BCUT2D eigenvalue weighted by Gasteiger charge is -2.09. The fraction of sp³-hybridized carbons (Fsp3) is 0.190. The smallest absolute Gasteiger partial charge is 0.0702 e. The quantitative estimate of drug-likeness (QED) is 0.607. The number of pyridine rings is 1. The first-order valence-corrected chi connectivity index (χ1v) is 7.83. The third-order valence-corrected chi connectivity index (χ3v) is 3.73. The second kappa shape index (κ2) is 6.57. The van der Waals surface area contributed by atoms with Crippen LogP contribution < -0.4 is 0 Å². The van der Waals surface area contributed by atoms with Gasteiger partial charge in [-0.05, 0) is 47.2 Å². The van der Waals surface area contributed by atoms with Crippen LogP contribution in [0.4, 0.5) is 0 Å². The minimum atomic E-state index is 0.676. The molecule has 22 heavy (non-hydrogen) atoms. The van der Waals surface area contributed by atoms with Gasteiger partial charge in [0.15, 0.2) is 0 Å². The van der Waals surface area contributed by atoms with Gasteiger partial charge in [-0.2, -0.15) is 0 Å². The van der Waals surface area contributed by atoms with Crippen LogP contribution in [0.1, 0.15) is 19.4 Å². The SMILES string of the molecule is CC(C)Cc1cccc(-c2cccc(-c3ccccn3)c2)c1. The maximum Gasteiger partial charge on any atom is 0.0702 e. The van der Waals surface area contributed by atoms with Crippen molar-refractivity contribution >= 4 is 0 Å². The van der Waals surface area contributed by atoms with E-state index in [1.807, 2.05) is 24.4 Å². The zero-order chi connectivity index (χ0) is 15.4. The van der Waals surface area contributed by atoms with Gasteiger partial charge in [-0.15, -0.1) is 0 Å². The fourth-order valence-corrected chi connectivity index (χ4v) is 2.74. The largest absolute Gasteiger partial charge is 0.256 e. The second-order valence-electron chi connectivity index (χ2n) is 6.09. The molecule has 3 rings (SSSR count). The molecule has 0 spiro atoms. The third kappa shape index (κ3) is 3.43. The molecule has 3 aromatic rings. The number of rotatable bonds is 4. The van der Waals surface area contributed by atoms with Crippen LogP contribution in [0.25, 0.3) is 22.4 Å². The summed E-state index contributed by atoms with van der Waals surface area (Å²) in [5, 5.41) is 0. The average Bonchev–Trinajstić information content (AvgIpc) is 2.55. The van der Waals surface area contributed by atoms with E-state index < -0.39 is 0 Å². The highest BCUT2D eigenvalue weighted by Gasteiger charge is 2.04. The van der Waals surface area contributed by atoms with Gasteiger partial charge in [0.1, 0.15) is 0 Å². The van der Waals surface area contributed by atoms with Crippen LogP contribution in [0.2, 0.25) is 0 Å². The summed E-state index contributed by atoms with van der Waals surface area (Å²) in [5.41, 5.74) is 6.09. The van der Waals surface area contributed by atoms with E-state index in [0.717, 1.165) is 17.7 Å². The fourth-order valence-electron chi connectivity index (χ4n) is 2.74. The van der Waals surface area contributed by atoms with E-state index in [1.165, 1.54) is 16.7 Å². The Balaban J connectivity index is 1.96. The summed E-state index contributed by atoms with van der Waals surface area (Å²) in [6.45, 7) is 4.52. The van der Waals surface area contributed by atoms with Crippen molar-refractivity contribution in [1.82, 2.24) is 4.98 Å². The monoisotopic (exact) mass is 287 g/mol. The van der Waals surface area contributed by atoms with Crippen molar-refractivity contribution in [2.45, 2.75) is 20.3 Å². The number of nitrogens with zero attached hydrogens (tertiary/aromatic N) is 1. The molecule has 110 valence electrons. The Kier molecular flexibility index (Phi) is 4.34. The molecule has 1 nitrogen and oxygen atoms in total. The molecule has 0 unspecified atom stereocenters. The topological polar surface area (TPSA) is 12.9 Å². The molecule has 1 heteroatoms. The molecule has 0 aliphatic carbocycles. The van der Waals surface area contributed by atoms with Gasteiger partial charge in [-0.1, -0.05) is 62.4 Å². The maximum absolute atomic E-state index is 4.44. The van der Waals surface area contributed by atoms with E-state index in [-0.39, 0.29) is 0 Å². The highest BCUT2D eigenvalue weighted by molar-refractivity contribution is 5.71. The van der Waals surface area contributed by atoms with Crippen molar-refractivity contribution in [2.75, 3.05) is 0 Å². The molecule has 0 radical (unpaired) electrons. The Morgan fingerprint density at radius 1 is 0.773 bits per heavy atom. The molecule has 0 saturated heterocycles. The van der Waals surface area contributed by atoms with Crippen molar-refractivity contribution in [2.24, 2.45) is 5.92 Å². The van der Waals surface area contributed by atoms with Gasteiger partial charge in [0, 0.05) is 11.8 Å². The van der Waals surface area contributed by atoms with Crippen LogP contribution in [-0.2, 0) is 6.42 Å². The standard InChI is InChI=1S/C21H21N/c1-16(2)13-17-7-5-8-18(14-17)19-9-6-10-20(15-19)21-11-3-4-12-22-21/h3-12,14-16H,13H2,1-2H3. The maximum atomic E-state index is 4.44. The molecule has 1 heterocycles. The number of benzene rings is 2. The average molecular weight is 287 g/mol. The Morgan fingerprint density at radius 2 is 1.50 bits per heavy atom. The van der Waals surface area contributed by atoms with E-state index in [9.17, 15) is 0 Å². The van der Waals surface area contributed by atoms with Crippen LogP contribution in [0.5, 0.6) is 0 Å². The molecule has 0 fully saturated rings. The van der Waals surface area contributed by atoms with Crippen LogP contribution in [0, 0.1) is 5.92 Å². The zero-order valence-corrected chi connectivity index (χ0v) is 13.2. The van der Waals surface area contributed by atoms with Crippen molar-refractivity contribution in [1.29, 1.82) is 0 Å². The van der Waals surface area contributed by atoms with Gasteiger partial charge >= 0.3 is 0 Å². The predicted molar refractivity (Wildman–Crippen MR) is 93.7 cm³/mol. The summed E-state index contributed by atoms with van der Waals surface area (Å²) in [4.78, 5) is 4.44. The summed E-state index contributed by atoms with van der Waals surface area (Å²) in [5.74, 6) is 0.676. The first-order valence-electron chi connectivity index (χ1n) is 7.83. The van der Waals surface area contributed by atoms with Crippen LogP contribution in [0.3, 0.4) is 0 Å². The van der Waals surface area contributed by atoms with Gasteiger partial charge in [-0.25, -0.2) is 0 Å². The molecule has 0 atom stereocenters. The molecule has 0 aliphatic rings. The van der Waals surface area contributed by atoms with Crippen molar-refractivity contribution < 1.29 is 0 Å². The Bertz CT molecular complexity index is 745. The minimum absolute atomic E-state index is 0.676. The molecule has 0 saturated carbocycles. The number of hydrogen-bond donors (Lipinski definition) is 0. The van der Waals surface area contributed by atoms with E-state index >= 15 is 0 Å². The summed E-state index contributed by atoms with van der Waals surface area (Å²) in [6, 6.07) is 23.5. The molecule has 0 bridgehead atoms. The highest BCUT2D eigenvalue weighted by Crippen LogP contribution is 2.26. The van der Waals surface area contributed by atoms with Crippen molar-refractivity contribution in [3.63, 3.8) is 0 Å². The van der Waals surface area contributed by atoms with Crippen molar-refractivity contribution in [3.8, 4) is 22.4 Å². The van der Waals surface area contributed by atoms with Crippen LogP contribution in [0.15, 0.2) is 72.9 Å². The summed E-state index contributed by atoms with van der Waals surface area (Å²) >= 11 is 0. The second-order valence-corrected chi connectivity index (χ2v) is 6.09. The minimum Gasteiger partial charge on any atom is -0.256 e. The summed E-state index contributed by atoms with van der Waals surface area (Å²) in [6.07, 6.45) is 2.96. The Labute approximate surface area is 132 Å². The molecule has 0 aliphatic heterocycles. The lowest BCUT2D eigenvalue weighted by Crippen LogP contribution is -1.94. The van der Waals surface area contributed by atoms with Gasteiger partial charge in [0.05, 0.1) is 5.69 Å². The van der Waals surface area contributed by atoms with Gasteiger partial charge in [-0.3, -0.25) is 4.98 Å². The molecular formula is C21H21N. The number of hydrogen-bond acceptors (Lipinski definition) is 1. The normalized spacial score (nSPS) is 10.9. The highest BCUT2D eigenvalue weighted by atomic mass is 14.7. The van der Waals surface area contributed by atoms with E-state index in [4.69, 9.17) is 0 Å². The predicted octanol–water partition coefficient (Wildman–Crippen LogP) is 5.61. The first-order chi connectivity index (χ1) is 10.7. The summed E-state index contributed by atoms with van der Waals surface area (Å²) in [7, 11) is 0. The third-order valence-electron chi connectivity index (χ3n) is 3.73. The van der Waals surface area contributed by atoms with E-state index in [2.05, 4.69) is 67.4 Å². The van der Waals surface area contributed by atoms with Crippen LogP contribution in [-0.4, -0.2) is 4.98 Å². The lowest BCUT2D eigenvalue weighted by molar-refractivity contribution is 0.647. The summed E-state index contributed by atoms with van der Waals surface area (Å²) < 4.78 is 0. The molecule has 1 aromatic heterocycles. The molecule has 0 amide bonds. The molecule has 2 aromatic carbocycles. The first kappa shape index (κ1) is 14.5. The molecule has 0 N–H and O–H groups in total. The number of aromatic nitrogens is 1. The van der Waals surface area contributed by atoms with Crippen LogP contribution >= 0.6 is 0 Å². The van der Waals surface area contributed by atoms with Gasteiger partial charge < -0.3 is 0 Å². The van der Waals surface area contributed by atoms with Gasteiger partial charge in [0.25, 0.3) is 0 Å². The van der Waals surface area contributed by atoms with Crippen molar-refractivity contribution in [3.05, 3.63) is 78.5 Å². The molecular weight excluding hydrogens is 266 g/mol. The van der Waals surface area contributed by atoms with E-state index in [0.29, 0.717) is 5.92 Å². The Morgan fingerprint density at radius 3 is 2.23 bits per heavy atom. The van der Waals surface area contributed by atoms with E-state index in [1.54, 1.807) is 0 Å².